The van der Waals surface area contributed by atoms with Gasteiger partial charge in [-0.3, -0.25) is 9.48 Å². The van der Waals surface area contributed by atoms with Gasteiger partial charge in [0.1, 0.15) is 5.69 Å². The van der Waals surface area contributed by atoms with Gasteiger partial charge in [-0.05, 0) is 13.0 Å². The fourth-order valence-electron chi connectivity index (χ4n) is 2.01. The number of morpholine rings is 1. The highest BCUT2D eigenvalue weighted by Gasteiger charge is 2.29. The zero-order chi connectivity index (χ0) is 12.4. The largest absolute Gasteiger partial charge is 0.377 e. The third kappa shape index (κ3) is 2.45. The monoisotopic (exact) mass is 257 g/mol. The van der Waals surface area contributed by atoms with Gasteiger partial charge in [0, 0.05) is 19.5 Å². The zero-order valence-electron chi connectivity index (χ0n) is 10.0. The highest BCUT2D eigenvalue weighted by atomic mass is 35.5. The van der Waals surface area contributed by atoms with Crippen LogP contribution in [0.5, 0.6) is 0 Å². The molecule has 17 heavy (non-hydrogen) atoms. The molecule has 0 spiro atoms. The second kappa shape index (κ2) is 5.06. The summed E-state index contributed by atoms with van der Waals surface area (Å²) in [5.41, 5.74) is 1.44. The SMILES string of the molecule is Cc1cc(C(=O)N2CCOCC2CCl)n(C)n1. The summed E-state index contributed by atoms with van der Waals surface area (Å²) in [7, 11) is 1.77. The molecule has 1 atom stereocenters. The maximum absolute atomic E-state index is 12.4. The quantitative estimate of drug-likeness (QED) is 0.737. The van der Waals surface area contributed by atoms with E-state index < -0.39 is 0 Å². The van der Waals surface area contributed by atoms with Crippen LogP contribution in [0.15, 0.2) is 6.07 Å². The van der Waals surface area contributed by atoms with Crippen molar-refractivity contribution in [2.45, 2.75) is 13.0 Å². The molecule has 1 aromatic heterocycles. The molecule has 1 aliphatic heterocycles. The molecule has 2 heterocycles. The predicted octanol–water partition coefficient (Wildman–Crippen LogP) is 0.808. The van der Waals surface area contributed by atoms with Crippen LogP contribution in [-0.2, 0) is 11.8 Å². The summed E-state index contributed by atoms with van der Waals surface area (Å²) in [4.78, 5) is 14.1. The van der Waals surface area contributed by atoms with Crippen molar-refractivity contribution in [3.63, 3.8) is 0 Å². The fourth-order valence-corrected chi connectivity index (χ4v) is 2.26. The first kappa shape index (κ1) is 12.4. The van der Waals surface area contributed by atoms with Gasteiger partial charge in [-0.2, -0.15) is 5.10 Å². The van der Waals surface area contributed by atoms with E-state index in [9.17, 15) is 4.79 Å². The van der Waals surface area contributed by atoms with Crippen molar-refractivity contribution >= 4 is 17.5 Å². The standard InChI is InChI=1S/C11H16ClN3O2/c1-8-5-10(14(2)13-8)11(16)15-3-4-17-7-9(15)6-12/h5,9H,3-4,6-7H2,1-2H3. The average molecular weight is 258 g/mol. The maximum atomic E-state index is 12.4. The molecule has 0 aromatic carbocycles. The molecule has 0 saturated carbocycles. The molecule has 6 heteroatoms. The molecule has 1 fully saturated rings. The van der Waals surface area contributed by atoms with Gasteiger partial charge in [-0.1, -0.05) is 0 Å². The Bertz CT molecular complexity index is 419. The van der Waals surface area contributed by atoms with Crippen molar-refractivity contribution in [3.8, 4) is 0 Å². The van der Waals surface area contributed by atoms with Crippen molar-refractivity contribution < 1.29 is 9.53 Å². The third-order valence-corrected chi connectivity index (χ3v) is 3.24. The summed E-state index contributed by atoms with van der Waals surface area (Å²) < 4.78 is 6.93. The Morgan fingerprint density at radius 3 is 3.06 bits per heavy atom. The molecule has 1 aromatic rings. The van der Waals surface area contributed by atoms with Crippen LogP contribution in [0.3, 0.4) is 0 Å². The number of nitrogens with zero attached hydrogens (tertiary/aromatic N) is 3. The molecule has 2 rings (SSSR count). The number of ether oxygens (including phenoxy) is 1. The minimum Gasteiger partial charge on any atom is -0.377 e. The van der Waals surface area contributed by atoms with Crippen LogP contribution in [0.4, 0.5) is 0 Å². The molecule has 94 valence electrons. The number of aromatic nitrogens is 2. The van der Waals surface area contributed by atoms with E-state index in [1.54, 1.807) is 22.7 Å². The molecule has 0 radical (unpaired) electrons. The lowest BCUT2D eigenvalue weighted by Crippen LogP contribution is -2.50. The van der Waals surface area contributed by atoms with Gasteiger partial charge in [-0.15, -0.1) is 11.6 Å². The van der Waals surface area contributed by atoms with E-state index in [0.717, 1.165) is 5.69 Å². The minimum absolute atomic E-state index is 0.0259. The van der Waals surface area contributed by atoms with Gasteiger partial charge >= 0.3 is 0 Å². The van der Waals surface area contributed by atoms with Crippen molar-refractivity contribution in [1.82, 2.24) is 14.7 Å². The molecule has 1 saturated heterocycles. The van der Waals surface area contributed by atoms with Gasteiger partial charge in [0.25, 0.3) is 5.91 Å². The van der Waals surface area contributed by atoms with Crippen molar-refractivity contribution in [2.24, 2.45) is 7.05 Å². The molecule has 0 bridgehead atoms. The summed E-state index contributed by atoms with van der Waals surface area (Å²) >= 11 is 5.86. The number of alkyl halides is 1. The second-order valence-electron chi connectivity index (χ2n) is 4.18. The Hall–Kier alpha value is -1.07. The molecule has 0 aliphatic carbocycles. The first-order valence-corrected chi connectivity index (χ1v) is 6.12. The van der Waals surface area contributed by atoms with Crippen LogP contribution in [0, 0.1) is 6.92 Å². The van der Waals surface area contributed by atoms with Crippen molar-refractivity contribution in [2.75, 3.05) is 25.6 Å². The first-order valence-electron chi connectivity index (χ1n) is 5.59. The highest BCUT2D eigenvalue weighted by Crippen LogP contribution is 2.14. The van der Waals surface area contributed by atoms with Crippen LogP contribution in [0.1, 0.15) is 16.2 Å². The number of rotatable bonds is 2. The summed E-state index contributed by atoms with van der Waals surface area (Å²) in [6.45, 7) is 3.53. The maximum Gasteiger partial charge on any atom is 0.272 e. The lowest BCUT2D eigenvalue weighted by Gasteiger charge is -2.34. The fraction of sp³-hybridized carbons (Fsp3) is 0.636. The predicted molar refractivity (Wildman–Crippen MR) is 64.3 cm³/mol. The number of carbonyl (C=O) groups is 1. The van der Waals surface area contributed by atoms with Gasteiger partial charge in [0.15, 0.2) is 0 Å². The van der Waals surface area contributed by atoms with Gasteiger partial charge in [0.2, 0.25) is 0 Å². The topological polar surface area (TPSA) is 47.4 Å². The molecule has 1 unspecified atom stereocenters. The summed E-state index contributed by atoms with van der Waals surface area (Å²) in [5.74, 6) is 0.366. The van der Waals surface area contributed by atoms with E-state index >= 15 is 0 Å². The molecule has 1 aliphatic rings. The second-order valence-corrected chi connectivity index (χ2v) is 4.48. The van der Waals surface area contributed by atoms with Crippen LogP contribution < -0.4 is 0 Å². The highest BCUT2D eigenvalue weighted by molar-refractivity contribution is 6.18. The molecule has 1 amide bonds. The molecule has 5 nitrogen and oxygen atoms in total. The smallest absolute Gasteiger partial charge is 0.272 e. The Labute approximate surface area is 105 Å². The van der Waals surface area contributed by atoms with Crippen LogP contribution >= 0.6 is 11.6 Å². The Morgan fingerprint density at radius 2 is 2.47 bits per heavy atom. The van der Waals surface area contributed by atoms with Gasteiger partial charge < -0.3 is 9.64 Å². The Kier molecular flexibility index (Phi) is 3.69. The lowest BCUT2D eigenvalue weighted by molar-refractivity contribution is 0.00397. The summed E-state index contributed by atoms with van der Waals surface area (Å²) in [5, 5.41) is 4.18. The molecule has 0 N–H and O–H groups in total. The Balaban J connectivity index is 2.21. The number of halogens is 1. The minimum atomic E-state index is -0.0480. The summed E-state index contributed by atoms with van der Waals surface area (Å²) in [6.07, 6.45) is 0. The first-order chi connectivity index (χ1) is 8.13. The van der Waals surface area contributed by atoms with Gasteiger partial charge in [-0.25, -0.2) is 0 Å². The van der Waals surface area contributed by atoms with Crippen LogP contribution in [0.25, 0.3) is 0 Å². The number of amides is 1. The van der Waals surface area contributed by atoms with Gasteiger partial charge in [0.05, 0.1) is 24.9 Å². The number of carbonyl (C=O) groups excluding carboxylic acids is 1. The third-order valence-electron chi connectivity index (χ3n) is 2.89. The van der Waals surface area contributed by atoms with E-state index in [0.29, 0.717) is 31.3 Å². The van der Waals surface area contributed by atoms with E-state index in [2.05, 4.69) is 5.10 Å². The van der Waals surface area contributed by atoms with E-state index in [1.165, 1.54) is 0 Å². The number of aryl methyl sites for hydroxylation is 2. The van der Waals surface area contributed by atoms with Crippen LogP contribution in [0.2, 0.25) is 0 Å². The summed E-state index contributed by atoms with van der Waals surface area (Å²) in [6, 6.07) is 1.75. The number of hydrogen-bond donors (Lipinski definition) is 0. The molecular formula is C11H16ClN3O2. The zero-order valence-corrected chi connectivity index (χ0v) is 10.8. The van der Waals surface area contributed by atoms with Crippen LogP contribution in [-0.4, -0.2) is 52.3 Å². The van der Waals surface area contributed by atoms with E-state index in [-0.39, 0.29) is 11.9 Å². The normalized spacial score (nSPS) is 20.6. The van der Waals surface area contributed by atoms with Crippen molar-refractivity contribution in [3.05, 3.63) is 17.5 Å². The lowest BCUT2D eigenvalue weighted by atomic mass is 10.2. The Morgan fingerprint density at radius 1 is 1.71 bits per heavy atom. The number of hydrogen-bond acceptors (Lipinski definition) is 3. The van der Waals surface area contributed by atoms with Crippen molar-refractivity contribution in [1.29, 1.82) is 0 Å². The molecular weight excluding hydrogens is 242 g/mol. The van der Waals surface area contributed by atoms with E-state index in [1.807, 2.05) is 6.92 Å². The van der Waals surface area contributed by atoms with E-state index in [4.69, 9.17) is 16.3 Å². The average Bonchev–Trinajstić information content (AvgIpc) is 2.67.